The molecule has 3 heteroatoms. The minimum Gasteiger partial charge on any atom is -0.504 e. The van der Waals surface area contributed by atoms with E-state index in [9.17, 15) is 5.11 Å². The smallest absolute Gasteiger partial charge is 0.163 e. The molecule has 0 amide bonds. The molecule has 2 aromatic rings. The molecule has 0 saturated heterocycles. The largest absolute Gasteiger partial charge is 0.504 e. The summed E-state index contributed by atoms with van der Waals surface area (Å²) in [6.45, 7) is 9.07. The molecule has 0 bridgehead atoms. The molecule has 0 unspecified atom stereocenters. The number of aromatic nitrogens is 1. The van der Waals surface area contributed by atoms with Crippen LogP contribution >= 0.6 is 0 Å². The highest BCUT2D eigenvalue weighted by Crippen LogP contribution is 2.32. The lowest BCUT2D eigenvalue weighted by atomic mass is 10.2. The second kappa shape index (κ2) is 4.53. The molecule has 2 rings (SSSR count). The van der Waals surface area contributed by atoms with Crippen molar-refractivity contribution >= 4 is 10.9 Å². The average Bonchev–Trinajstić information content (AvgIpc) is 2.67. The molecular weight excluding hydrogens is 214 g/mol. The van der Waals surface area contributed by atoms with E-state index < -0.39 is 0 Å². The van der Waals surface area contributed by atoms with Gasteiger partial charge < -0.3 is 14.4 Å². The molecule has 17 heavy (non-hydrogen) atoms. The van der Waals surface area contributed by atoms with Gasteiger partial charge in [0, 0.05) is 24.2 Å². The first-order valence-corrected chi connectivity index (χ1v) is 5.71. The molecule has 0 spiro atoms. The van der Waals surface area contributed by atoms with Gasteiger partial charge in [-0.2, -0.15) is 0 Å². The van der Waals surface area contributed by atoms with Crippen molar-refractivity contribution in [3.05, 3.63) is 36.5 Å². The van der Waals surface area contributed by atoms with Crippen LogP contribution in [0.2, 0.25) is 0 Å². The third-order valence-electron chi connectivity index (χ3n) is 2.67. The summed E-state index contributed by atoms with van der Waals surface area (Å²) in [7, 11) is 0. The van der Waals surface area contributed by atoms with Gasteiger partial charge in [-0.3, -0.25) is 0 Å². The standard InChI is InChI=1S/C14H17NO2/c1-4-15-6-5-11-7-13(16)14(8-12(11)15)17-9-10(2)3/h5-8,16H,2,4,9H2,1,3H3. The summed E-state index contributed by atoms with van der Waals surface area (Å²) in [6, 6.07) is 5.59. The third kappa shape index (κ3) is 2.28. The van der Waals surface area contributed by atoms with Crippen LogP contribution in [0.25, 0.3) is 10.9 Å². The van der Waals surface area contributed by atoms with E-state index in [1.807, 2.05) is 25.3 Å². The number of hydrogen-bond acceptors (Lipinski definition) is 2. The first-order valence-electron chi connectivity index (χ1n) is 5.71. The van der Waals surface area contributed by atoms with Gasteiger partial charge in [-0.05, 0) is 31.6 Å². The molecule has 1 aromatic carbocycles. The molecule has 0 fully saturated rings. The number of aromatic hydroxyl groups is 1. The fourth-order valence-electron chi connectivity index (χ4n) is 1.80. The molecule has 3 nitrogen and oxygen atoms in total. The van der Waals surface area contributed by atoms with Crippen molar-refractivity contribution in [1.29, 1.82) is 0 Å². The van der Waals surface area contributed by atoms with E-state index in [4.69, 9.17) is 4.74 Å². The summed E-state index contributed by atoms with van der Waals surface area (Å²) in [6.07, 6.45) is 2.01. The van der Waals surface area contributed by atoms with Crippen molar-refractivity contribution < 1.29 is 9.84 Å². The van der Waals surface area contributed by atoms with Crippen LogP contribution in [0.4, 0.5) is 0 Å². The molecule has 0 aliphatic rings. The molecule has 90 valence electrons. The Bertz CT molecular complexity index is 555. The number of phenolic OH excluding ortho intramolecular Hbond substituents is 1. The molecule has 1 heterocycles. The quantitative estimate of drug-likeness (QED) is 0.819. The molecule has 0 aliphatic heterocycles. The average molecular weight is 231 g/mol. The minimum absolute atomic E-state index is 0.174. The van der Waals surface area contributed by atoms with Gasteiger partial charge in [0.15, 0.2) is 11.5 Å². The predicted octanol–water partition coefficient (Wildman–Crippen LogP) is 3.32. The maximum Gasteiger partial charge on any atom is 0.163 e. The SMILES string of the molecule is C=C(C)COc1cc2c(ccn2CC)cc1O. The van der Waals surface area contributed by atoms with Crippen molar-refractivity contribution in [2.24, 2.45) is 0 Å². The van der Waals surface area contributed by atoms with Crippen molar-refractivity contribution in [2.45, 2.75) is 20.4 Å². The van der Waals surface area contributed by atoms with E-state index >= 15 is 0 Å². The molecule has 0 radical (unpaired) electrons. The Hall–Kier alpha value is -1.90. The first-order chi connectivity index (χ1) is 8.11. The van der Waals surface area contributed by atoms with E-state index in [0.717, 1.165) is 23.0 Å². The van der Waals surface area contributed by atoms with Crippen LogP contribution in [0.5, 0.6) is 11.5 Å². The van der Waals surface area contributed by atoms with Gasteiger partial charge in [0.25, 0.3) is 0 Å². The van der Waals surface area contributed by atoms with Crippen LogP contribution in [0.1, 0.15) is 13.8 Å². The third-order valence-corrected chi connectivity index (χ3v) is 2.67. The number of phenols is 1. The van der Waals surface area contributed by atoms with Crippen LogP contribution in [-0.2, 0) is 6.54 Å². The van der Waals surface area contributed by atoms with Gasteiger partial charge >= 0.3 is 0 Å². The molecular formula is C14H17NO2. The number of nitrogens with zero attached hydrogens (tertiary/aromatic N) is 1. The zero-order valence-corrected chi connectivity index (χ0v) is 10.2. The van der Waals surface area contributed by atoms with Crippen molar-refractivity contribution in [1.82, 2.24) is 4.57 Å². The summed E-state index contributed by atoms with van der Waals surface area (Å²) in [4.78, 5) is 0. The van der Waals surface area contributed by atoms with Crippen molar-refractivity contribution in [3.8, 4) is 11.5 Å². The number of hydrogen-bond donors (Lipinski definition) is 1. The highest BCUT2D eigenvalue weighted by molar-refractivity contribution is 5.84. The summed E-state index contributed by atoms with van der Waals surface area (Å²) in [5, 5.41) is 10.9. The predicted molar refractivity (Wildman–Crippen MR) is 69.6 cm³/mol. The number of fused-ring (bicyclic) bond motifs is 1. The van der Waals surface area contributed by atoms with E-state index in [1.54, 1.807) is 6.07 Å². The van der Waals surface area contributed by atoms with Crippen molar-refractivity contribution in [2.75, 3.05) is 6.61 Å². The zero-order valence-electron chi connectivity index (χ0n) is 10.2. The summed E-state index contributed by atoms with van der Waals surface area (Å²) in [5.41, 5.74) is 2.00. The number of ether oxygens (including phenoxy) is 1. The van der Waals surface area contributed by atoms with E-state index in [0.29, 0.717) is 12.4 Å². The fraction of sp³-hybridized carbons (Fsp3) is 0.286. The minimum atomic E-state index is 0.174. The first kappa shape index (κ1) is 11.6. The van der Waals surface area contributed by atoms with E-state index in [1.165, 1.54) is 0 Å². The summed E-state index contributed by atoms with van der Waals surface area (Å²) >= 11 is 0. The number of rotatable bonds is 4. The lowest BCUT2D eigenvalue weighted by Gasteiger charge is -2.09. The van der Waals surface area contributed by atoms with Gasteiger partial charge in [0.2, 0.25) is 0 Å². The van der Waals surface area contributed by atoms with Gasteiger partial charge in [0.05, 0.1) is 5.52 Å². The molecule has 0 saturated carbocycles. The number of benzene rings is 1. The molecule has 1 N–H and O–H groups in total. The van der Waals surface area contributed by atoms with Crippen LogP contribution in [0.15, 0.2) is 36.5 Å². The molecule has 0 aliphatic carbocycles. The molecule has 1 aromatic heterocycles. The summed E-state index contributed by atoms with van der Waals surface area (Å²) < 4.78 is 7.63. The van der Waals surface area contributed by atoms with Gasteiger partial charge in [0.1, 0.15) is 6.61 Å². The van der Waals surface area contributed by atoms with Crippen LogP contribution < -0.4 is 4.74 Å². The van der Waals surface area contributed by atoms with Gasteiger partial charge in [-0.15, -0.1) is 0 Å². The lowest BCUT2D eigenvalue weighted by molar-refractivity contribution is 0.329. The number of aryl methyl sites for hydroxylation is 1. The highest BCUT2D eigenvalue weighted by Gasteiger charge is 2.08. The van der Waals surface area contributed by atoms with Crippen LogP contribution in [0.3, 0.4) is 0 Å². The Kier molecular flexibility index (Phi) is 3.09. The fourth-order valence-corrected chi connectivity index (χ4v) is 1.80. The topological polar surface area (TPSA) is 34.4 Å². The maximum absolute atomic E-state index is 9.84. The Labute approximate surface area is 101 Å². The lowest BCUT2D eigenvalue weighted by Crippen LogP contribution is -1.98. The van der Waals surface area contributed by atoms with Gasteiger partial charge in [-0.1, -0.05) is 6.58 Å². The van der Waals surface area contributed by atoms with E-state index in [-0.39, 0.29) is 5.75 Å². The second-order valence-corrected chi connectivity index (χ2v) is 4.23. The zero-order chi connectivity index (χ0) is 12.4. The normalized spacial score (nSPS) is 10.7. The Balaban J connectivity index is 2.41. The van der Waals surface area contributed by atoms with E-state index in [2.05, 4.69) is 18.1 Å². The molecule has 0 atom stereocenters. The Morgan fingerprint density at radius 3 is 2.88 bits per heavy atom. The Morgan fingerprint density at radius 2 is 2.24 bits per heavy atom. The van der Waals surface area contributed by atoms with Crippen LogP contribution in [-0.4, -0.2) is 16.3 Å². The monoisotopic (exact) mass is 231 g/mol. The maximum atomic E-state index is 9.84. The second-order valence-electron chi connectivity index (χ2n) is 4.23. The van der Waals surface area contributed by atoms with Crippen LogP contribution in [0, 0.1) is 0 Å². The summed E-state index contributed by atoms with van der Waals surface area (Å²) in [5.74, 6) is 0.682. The van der Waals surface area contributed by atoms with Crippen molar-refractivity contribution in [3.63, 3.8) is 0 Å². The Morgan fingerprint density at radius 1 is 1.47 bits per heavy atom. The highest BCUT2D eigenvalue weighted by atomic mass is 16.5. The van der Waals surface area contributed by atoms with Gasteiger partial charge in [-0.25, -0.2) is 0 Å².